The Kier molecular flexibility index (Phi) is 5.40. The van der Waals surface area contributed by atoms with E-state index in [-0.39, 0.29) is 11.9 Å². The largest absolute Gasteiger partial charge is 0.337 e. The summed E-state index contributed by atoms with van der Waals surface area (Å²) in [6.07, 6.45) is 3.73. The first-order valence-corrected chi connectivity index (χ1v) is 6.69. The normalized spacial score (nSPS) is 23.8. The second-order valence-electron chi connectivity index (χ2n) is 5.50. The predicted octanol–water partition coefficient (Wildman–Crippen LogP) is 1.05. The highest BCUT2D eigenvalue weighted by Crippen LogP contribution is 2.17. The summed E-state index contributed by atoms with van der Waals surface area (Å²) in [5.74, 6) is 0.0685. The minimum absolute atomic E-state index is 0.0685. The first-order chi connectivity index (χ1) is 7.93. The lowest BCUT2D eigenvalue weighted by Gasteiger charge is -2.38. The molecular formula is C13H27N3O. The highest BCUT2D eigenvalue weighted by molar-refractivity contribution is 5.81. The molecule has 1 amide bonds. The Hall–Kier alpha value is -0.610. The minimum Gasteiger partial charge on any atom is -0.337 e. The van der Waals surface area contributed by atoms with E-state index in [1.807, 2.05) is 4.90 Å². The molecule has 1 fully saturated rings. The van der Waals surface area contributed by atoms with E-state index < -0.39 is 6.04 Å². The number of carbonyl (C=O) groups excluding carboxylic acids is 1. The van der Waals surface area contributed by atoms with Gasteiger partial charge in [0.05, 0.1) is 6.04 Å². The lowest BCUT2D eigenvalue weighted by atomic mass is 10.0. The van der Waals surface area contributed by atoms with Crippen LogP contribution in [0.5, 0.6) is 0 Å². The quantitative estimate of drug-likeness (QED) is 0.800. The van der Waals surface area contributed by atoms with E-state index in [2.05, 4.69) is 25.8 Å². The third kappa shape index (κ3) is 3.96. The van der Waals surface area contributed by atoms with Crippen molar-refractivity contribution >= 4 is 5.91 Å². The Morgan fingerprint density at radius 3 is 2.53 bits per heavy atom. The van der Waals surface area contributed by atoms with Crippen molar-refractivity contribution in [2.24, 2.45) is 5.73 Å². The van der Waals surface area contributed by atoms with Gasteiger partial charge >= 0.3 is 0 Å². The molecule has 1 rings (SSSR count). The fraction of sp³-hybridized carbons (Fsp3) is 0.923. The second-order valence-corrected chi connectivity index (χ2v) is 5.50. The summed E-state index contributed by atoms with van der Waals surface area (Å²) in [5, 5.41) is 0. The van der Waals surface area contributed by atoms with Crippen LogP contribution in [0, 0.1) is 0 Å². The van der Waals surface area contributed by atoms with Gasteiger partial charge in [-0.1, -0.05) is 6.42 Å². The van der Waals surface area contributed by atoms with E-state index in [0.717, 1.165) is 13.1 Å². The summed E-state index contributed by atoms with van der Waals surface area (Å²) in [6, 6.07) is 0.323. The minimum atomic E-state index is -0.397. The van der Waals surface area contributed by atoms with Crippen molar-refractivity contribution < 1.29 is 4.79 Å². The molecule has 4 heteroatoms. The Morgan fingerprint density at radius 1 is 1.41 bits per heavy atom. The first kappa shape index (κ1) is 14.5. The van der Waals surface area contributed by atoms with Gasteiger partial charge < -0.3 is 15.5 Å². The van der Waals surface area contributed by atoms with Crippen LogP contribution in [-0.4, -0.2) is 54.0 Å². The molecule has 17 heavy (non-hydrogen) atoms. The van der Waals surface area contributed by atoms with Gasteiger partial charge in [-0.15, -0.1) is 0 Å². The van der Waals surface area contributed by atoms with Crippen LogP contribution < -0.4 is 5.73 Å². The molecule has 100 valence electrons. The zero-order chi connectivity index (χ0) is 13.0. The smallest absolute Gasteiger partial charge is 0.239 e. The van der Waals surface area contributed by atoms with E-state index in [9.17, 15) is 4.79 Å². The lowest BCUT2D eigenvalue weighted by molar-refractivity contribution is -0.135. The standard InChI is InChI=1S/C13H27N3O/c1-10(2)16(13(17)11(3)14)9-12-7-5-6-8-15(12)4/h10-12H,5-9,14H2,1-4H3/t11-,12?/m0/s1. The number of amides is 1. The third-order valence-electron chi connectivity index (χ3n) is 3.62. The maximum atomic E-state index is 12.0. The zero-order valence-corrected chi connectivity index (χ0v) is 11.6. The molecule has 2 N–H and O–H groups in total. The molecular weight excluding hydrogens is 214 g/mol. The van der Waals surface area contributed by atoms with Crippen LogP contribution in [0.15, 0.2) is 0 Å². The number of nitrogens with zero attached hydrogens (tertiary/aromatic N) is 2. The summed E-state index contributed by atoms with van der Waals surface area (Å²) >= 11 is 0. The summed E-state index contributed by atoms with van der Waals surface area (Å²) in [6.45, 7) is 7.84. The van der Waals surface area contributed by atoms with Crippen molar-refractivity contribution in [3.05, 3.63) is 0 Å². The van der Waals surface area contributed by atoms with Gasteiger partial charge in [0.25, 0.3) is 0 Å². The van der Waals surface area contributed by atoms with Crippen LogP contribution in [0.3, 0.4) is 0 Å². The summed E-state index contributed by atoms with van der Waals surface area (Å²) in [5.41, 5.74) is 5.71. The molecule has 2 atom stereocenters. The number of hydrogen-bond donors (Lipinski definition) is 1. The fourth-order valence-electron chi connectivity index (χ4n) is 2.42. The average Bonchev–Trinajstić information content (AvgIpc) is 2.26. The van der Waals surface area contributed by atoms with Crippen LogP contribution >= 0.6 is 0 Å². The fourth-order valence-corrected chi connectivity index (χ4v) is 2.42. The maximum absolute atomic E-state index is 12.0. The molecule has 1 saturated heterocycles. The molecule has 1 unspecified atom stereocenters. The molecule has 0 aliphatic carbocycles. The molecule has 0 aromatic carbocycles. The van der Waals surface area contributed by atoms with E-state index in [0.29, 0.717) is 6.04 Å². The van der Waals surface area contributed by atoms with Gasteiger partial charge in [0.1, 0.15) is 0 Å². The van der Waals surface area contributed by atoms with Crippen LogP contribution in [0.2, 0.25) is 0 Å². The Morgan fingerprint density at radius 2 is 2.06 bits per heavy atom. The van der Waals surface area contributed by atoms with E-state index in [1.165, 1.54) is 19.3 Å². The first-order valence-electron chi connectivity index (χ1n) is 6.69. The monoisotopic (exact) mass is 241 g/mol. The van der Waals surface area contributed by atoms with Crippen LogP contribution in [0.25, 0.3) is 0 Å². The number of likely N-dealkylation sites (tertiary alicyclic amines) is 1. The van der Waals surface area contributed by atoms with Crippen molar-refractivity contribution in [3.63, 3.8) is 0 Å². The average molecular weight is 241 g/mol. The Bertz CT molecular complexity index is 253. The van der Waals surface area contributed by atoms with Crippen molar-refractivity contribution in [2.45, 2.75) is 58.2 Å². The molecule has 0 spiro atoms. The number of nitrogens with two attached hydrogens (primary N) is 1. The predicted molar refractivity (Wildman–Crippen MR) is 70.8 cm³/mol. The number of rotatable bonds is 4. The summed E-state index contributed by atoms with van der Waals surface area (Å²) < 4.78 is 0. The van der Waals surface area contributed by atoms with Crippen LogP contribution in [0.4, 0.5) is 0 Å². The topological polar surface area (TPSA) is 49.6 Å². The highest BCUT2D eigenvalue weighted by Gasteiger charge is 2.26. The SMILES string of the molecule is CC(C)N(CC1CCCCN1C)C(=O)[C@H](C)N. The maximum Gasteiger partial charge on any atom is 0.239 e. The van der Waals surface area contributed by atoms with Crippen LogP contribution in [0.1, 0.15) is 40.0 Å². The lowest BCUT2D eigenvalue weighted by Crippen LogP contribution is -2.52. The number of piperidine rings is 1. The molecule has 0 saturated carbocycles. The van der Waals surface area contributed by atoms with Gasteiger partial charge in [-0.3, -0.25) is 4.79 Å². The van der Waals surface area contributed by atoms with Crippen LogP contribution in [-0.2, 0) is 4.79 Å². The molecule has 0 aromatic heterocycles. The molecule has 0 radical (unpaired) electrons. The Labute approximate surface area is 105 Å². The van der Waals surface area contributed by atoms with Crippen molar-refractivity contribution in [3.8, 4) is 0 Å². The van der Waals surface area contributed by atoms with Gasteiger partial charge in [0.2, 0.25) is 5.91 Å². The molecule has 0 bridgehead atoms. The highest BCUT2D eigenvalue weighted by atomic mass is 16.2. The van der Waals surface area contributed by atoms with Gasteiger partial charge in [0, 0.05) is 18.6 Å². The van der Waals surface area contributed by atoms with E-state index in [1.54, 1.807) is 6.92 Å². The molecule has 0 aromatic rings. The van der Waals surface area contributed by atoms with Gasteiger partial charge in [-0.25, -0.2) is 0 Å². The van der Waals surface area contributed by atoms with Crippen molar-refractivity contribution in [1.82, 2.24) is 9.80 Å². The van der Waals surface area contributed by atoms with E-state index in [4.69, 9.17) is 5.73 Å². The number of likely N-dealkylation sites (N-methyl/N-ethyl adjacent to an activating group) is 1. The van der Waals surface area contributed by atoms with Gasteiger partial charge in [0.15, 0.2) is 0 Å². The zero-order valence-electron chi connectivity index (χ0n) is 11.6. The van der Waals surface area contributed by atoms with Crippen molar-refractivity contribution in [2.75, 3.05) is 20.1 Å². The van der Waals surface area contributed by atoms with Crippen molar-refractivity contribution in [1.29, 1.82) is 0 Å². The molecule has 1 aliphatic heterocycles. The summed E-state index contributed by atoms with van der Waals surface area (Å²) in [7, 11) is 2.15. The number of carbonyl (C=O) groups is 1. The third-order valence-corrected chi connectivity index (χ3v) is 3.62. The number of hydrogen-bond acceptors (Lipinski definition) is 3. The van der Waals surface area contributed by atoms with Gasteiger partial charge in [-0.05, 0) is 47.2 Å². The second kappa shape index (κ2) is 6.36. The van der Waals surface area contributed by atoms with E-state index >= 15 is 0 Å². The Balaban J connectivity index is 2.62. The molecule has 1 aliphatic rings. The van der Waals surface area contributed by atoms with Gasteiger partial charge in [-0.2, -0.15) is 0 Å². The summed E-state index contributed by atoms with van der Waals surface area (Å²) in [4.78, 5) is 16.3. The molecule has 4 nitrogen and oxygen atoms in total. The molecule has 1 heterocycles.